The molecule has 0 spiro atoms. The fourth-order valence-electron chi connectivity index (χ4n) is 2.94. The van der Waals surface area contributed by atoms with E-state index in [0.29, 0.717) is 0 Å². The van der Waals surface area contributed by atoms with Crippen LogP contribution in [0.1, 0.15) is 104 Å². The van der Waals surface area contributed by atoms with Gasteiger partial charge < -0.3 is 9.16 Å². The summed E-state index contributed by atoms with van der Waals surface area (Å²) in [4.78, 5) is 0. The molecule has 0 aliphatic heterocycles. The third-order valence-corrected chi connectivity index (χ3v) is 5.83. The minimum absolute atomic E-state index is 0.258. The van der Waals surface area contributed by atoms with Gasteiger partial charge in [-0.25, -0.2) is 0 Å². The highest BCUT2D eigenvalue weighted by atomic mass is 28.2. The maximum Gasteiger partial charge on any atom is 0.161 e. The lowest BCUT2D eigenvalue weighted by Crippen LogP contribution is -2.06. The van der Waals surface area contributed by atoms with Gasteiger partial charge in [-0.3, -0.25) is 0 Å². The van der Waals surface area contributed by atoms with Gasteiger partial charge in [0.1, 0.15) is 0 Å². The molecule has 0 saturated heterocycles. The van der Waals surface area contributed by atoms with Crippen LogP contribution >= 0.6 is 0 Å². The van der Waals surface area contributed by atoms with Crippen molar-refractivity contribution < 1.29 is 9.16 Å². The van der Waals surface area contributed by atoms with E-state index in [1.165, 1.54) is 95.9 Å². The molecule has 0 atom stereocenters. The second-order valence-corrected chi connectivity index (χ2v) is 8.28. The van der Waals surface area contributed by atoms with Crippen LogP contribution in [0.15, 0.2) is 0 Å². The Morgan fingerprint density at radius 3 is 1.52 bits per heavy atom. The third-order valence-electron chi connectivity index (χ3n) is 4.47. The topological polar surface area (TPSA) is 18.5 Å². The standard InChI is InChI=1S/C20H44O2Si/c1-3-5-6-7-8-9-10-11-12-13-14-15-16-17-20-23-22-19-18-21-4-2/h3-20,23H2,1-2H3. The Hall–Kier alpha value is 0.137. The maximum atomic E-state index is 5.66. The molecule has 0 radical (unpaired) electrons. The summed E-state index contributed by atoms with van der Waals surface area (Å²) in [6.07, 6.45) is 20.2. The molecule has 0 unspecified atom stereocenters. The van der Waals surface area contributed by atoms with Crippen molar-refractivity contribution >= 4 is 9.76 Å². The second-order valence-electron chi connectivity index (χ2n) is 6.76. The summed E-state index contributed by atoms with van der Waals surface area (Å²) in [6.45, 7) is 6.73. The van der Waals surface area contributed by atoms with Crippen molar-refractivity contribution in [2.24, 2.45) is 0 Å². The predicted molar refractivity (Wildman–Crippen MR) is 106 cm³/mol. The van der Waals surface area contributed by atoms with Gasteiger partial charge in [-0.1, -0.05) is 96.8 Å². The molecular weight excluding hydrogens is 300 g/mol. The van der Waals surface area contributed by atoms with E-state index in [1.54, 1.807) is 0 Å². The Bertz CT molecular complexity index is 180. The molecule has 3 heteroatoms. The zero-order valence-electron chi connectivity index (χ0n) is 16.3. The summed E-state index contributed by atoms with van der Waals surface area (Å²) in [5, 5.41) is 0. The van der Waals surface area contributed by atoms with Crippen LogP contribution in [0.4, 0.5) is 0 Å². The van der Waals surface area contributed by atoms with Gasteiger partial charge in [0.05, 0.1) is 13.2 Å². The number of rotatable bonds is 20. The van der Waals surface area contributed by atoms with Crippen molar-refractivity contribution in [2.75, 3.05) is 19.8 Å². The molecule has 0 N–H and O–H groups in total. The molecule has 0 aromatic rings. The van der Waals surface area contributed by atoms with E-state index in [9.17, 15) is 0 Å². The zero-order chi connectivity index (χ0) is 16.8. The zero-order valence-corrected chi connectivity index (χ0v) is 17.7. The molecule has 23 heavy (non-hydrogen) atoms. The van der Waals surface area contributed by atoms with E-state index in [4.69, 9.17) is 9.16 Å². The van der Waals surface area contributed by atoms with Gasteiger partial charge in [-0.2, -0.15) is 0 Å². The molecule has 0 saturated carbocycles. The van der Waals surface area contributed by atoms with Crippen LogP contribution in [-0.2, 0) is 9.16 Å². The highest BCUT2D eigenvalue weighted by Gasteiger charge is 1.95. The van der Waals surface area contributed by atoms with Gasteiger partial charge in [0.15, 0.2) is 9.76 Å². The van der Waals surface area contributed by atoms with Gasteiger partial charge in [0.25, 0.3) is 0 Å². The molecule has 0 heterocycles. The highest BCUT2D eigenvalue weighted by Crippen LogP contribution is 2.13. The lowest BCUT2D eigenvalue weighted by Gasteiger charge is -2.04. The van der Waals surface area contributed by atoms with Crippen LogP contribution in [0.25, 0.3) is 0 Å². The Morgan fingerprint density at radius 1 is 0.565 bits per heavy atom. The van der Waals surface area contributed by atoms with E-state index >= 15 is 0 Å². The fraction of sp³-hybridized carbons (Fsp3) is 1.00. The van der Waals surface area contributed by atoms with E-state index in [2.05, 4.69) is 6.92 Å². The summed E-state index contributed by atoms with van der Waals surface area (Å²) in [6, 6.07) is 1.35. The Morgan fingerprint density at radius 2 is 1.04 bits per heavy atom. The minimum Gasteiger partial charge on any atom is -0.422 e. The number of ether oxygens (including phenoxy) is 1. The first-order valence-electron chi connectivity index (χ1n) is 10.6. The number of hydrogen-bond donors (Lipinski definition) is 0. The average Bonchev–Trinajstić information content (AvgIpc) is 2.57. The Balaban J connectivity index is 2.92. The monoisotopic (exact) mass is 344 g/mol. The van der Waals surface area contributed by atoms with Crippen molar-refractivity contribution in [3.8, 4) is 0 Å². The number of unbranched alkanes of at least 4 members (excludes halogenated alkanes) is 13. The minimum atomic E-state index is -0.258. The molecule has 0 rings (SSSR count). The first-order valence-corrected chi connectivity index (χ1v) is 12.1. The van der Waals surface area contributed by atoms with E-state index < -0.39 is 0 Å². The average molecular weight is 345 g/mol. The van der Waals surface area contributed by atoms with Crippen LogP contribution < -0.4 is 0 Å². The van der Waals surface area contributed by atoms with Gasteiger partial charge >= 0.3 is 0 Å². The molecule has 0 fully saturated rings. The number of hydrogen-bond acceptors (Lipinski definition) is 2. The SMILES string of the molecule is CCCCCCCCCCCCCCCC[SiH2]OCCOCC. The van der Waals surface area contributed by atoms with Crippen molar-refractivity contribution in [2.45, 2.75) is 110 Å². The molecule has 2 nitrogen and oxygen atoms in total. The van der Waals surface area contributed by atoms with E-state index in [1.807, 2.05) is 6.92 Å². The lowest BCUT2D eigenvalue weighted by molar-refractivity contribution is 0.112. The van der Waals surface area contributed by atoms with Crippen molar-refractivity contribution in [3.63, 3.8) is 0 Å². The van der Waals surface area contributed by atoms with Crippen LogP contribution in [0.5, 0.6) is 0 Å². The first kappa shape index (κ1) is 23.1. The van der Waals surface area contributed by atoms with E-state index in [-0.39, 0.29) is 9.76 Å². The van der Waals surface area contributed by atoms with Crippen LogP contribution in [0.2, 0.25) is 6.04 Å². The van der Waals surface area contributed by atoms with Crippen molar-refractivity contribution in [3.05, 3.63) is 0 Å². The Kier molecular flexibility index (Phi) is 22.3. The Labute approximate surface area is 149 Å². The lowest BCUT2D eigenvalue weighted by atomic mass is 10.0. The van der Waals surface area contributed by atoms with E-state index in [0.717, 1.165) is 19.8 Å². The normalized spacial score (nSPS) is 11.7. The molecule has 0 aliphatic rings. The maximum absolute atomic E-state index is 5.66. The van der Waals surface area contributed by atoms with Crippen LogP contribution in [0.3, 0.4) is 0 Å². The molecule has 0 bridgehead atoms. The molecule has 0 aliphatic carbocycles. The molecule has 0 amide bonds. The summed E-state index contributed by atoms with van der Waals surface area (Å²) in [5.74, 6) is 0. The van der Waals surface area contributed by atoms with Gasteiger partial charge in [-0.15, -0.1) is 0 Å². The van der Waals surface area contributed by atoms with Gasteiger partial charge in [0, 0.05) is 6.61 Å². The summed E-state index contributed by atoms with van der Waals surface area (Å²) < 4.78 is 10.9. The van der Waals surface area contributed by atoms with Crippen LogP contribution in [-0.4, -0.2) is 29.6 Å². The molecule has 0 aromatic carbocycles. The quantitative estimate of drug-likeness (QED) is 0.198. The van der Waals surface area contributed by atoms with Crippen molar-refractivity contribution in [1.29, 1.82) is 0 Å². The van der Waals surface area contributed by atoms with Crippen LogP contribution in [0, 0.1) is 0 Å². The summed E-state index contributed by atoms with van der Waals surface area (Å²) in [7, 11) is -0.258. The van der Waals surface area contributed by atoms with Gasteiger partial charge in [0.2, 0.25) is 0 Å². The molecule has 0 aromatic heterocycles. The van der Waals surface area contributed by atoms with Crippen molar-refractivity contribution in [1.82, 2.24) is 0 Å². The van der Waals surface area contributed by atoms with Gasteiger partial charge in [-0.05, 0) is 13.0 Å². The first-order chi connectivity index (χ1) is 11.4. The third kappa shape index (κ3) is 22.1. The summed E-state index contributed by atoms with van der Waals surface area (Å²) >= 11 is 0. The second kappa shape index (κ2) is 22.1. The molecule has 140 valence electrons. The molecular formula is C20H44O2Si. The predicted octanol–water partition coefficient (Wildman–Crippen LogP) is 6.02. The largest absolute Gasteiger partial charge is 0.422 e. The smallest absolute Gasteiger partial charge is 0.161 e. The fourth-order valence-corrected chi connectivity index (χ4v) is 4.02. The summed E-state index contributed by atoms with van der Waals surface area (Å²) in [5.41, 5.74) is 0. The highest BCUT2D eigenvalue weighted by molar-refractivity contribution is 6.26.